The molecule has 112 valence electrons. The van der Waals surface area contributed by atoms with Crippen LogP contribution in [0.15, 0.2) is 23.4 Å². The first-order valence-corrected chi connectivity index (χ1v) is 8.27. The number of nitrogens with one attached hydrogen (secondary N) is 2. The summed E-state index contributed by atoms with van der Waals surface area (Å²) in [7, 11) is -1.70. The van der Waals surface area contributed by atoms with E-state index in [9.17, 15) is 8.42 Å². The molecule has 1 aromatic heterocycles. The van der Waals surface area contributed by atoms with Gasteiger partial charge >= 0.3 is 0 Å². The van der Waals surface area contributed by atoms with Crippen molar-refractivity contribution in [1.29, 1.82) is 0 Å². The van der Waals surface area contributed by atoms with Crippen molar-refractivity contribution in [2.24, 2.45) is 0 Å². The Bertz CT molecular complexity index is 524. The van der Waals surface area contributed by atoms with Crippen molar-refractivity contribution < 1.29 is 13.2 Å². The maximum atomic E-state index is 12.1. The summed E-state index contributed by atoms with van der Waals surface area (Å²) < 4.78 is 32.4. The van der Waals surface area contributed by atoms with Gasteiger partial charge in [-0.1, -0.05) is 6.07 Å². The molecular formula is C13H21N3O3S. The van der Waals surface area contributed by atoms with Crippen LogP contribution in [0.25, 0.3) is 0 Å². The molecular weight excluding hydrogens is 278 g/mol. The molecule has 0 aliphatic heterocycles. The zero-order valence-corrected chi connectivity index (χ0v) is 12.6. The molecule has 0 unspecified atom stereocenters. The van der Waals surface area contributed by atoms with Crippen LogP contribution in [0.3, 0.4) is 0 Å². The molecule has 1 fully saturated rings. The fourth-order valence-corrected chi connectivity index (χ4v) is 3.38. The van der Waals surface area contributed by atoms with E-state index >= 15 is 0 Å². The van der Waals surface area contributed by atoms with E-state index < -0.39 is 10.0 Å². The van der Waals surface area contributed by atoms with Crippen LogP contribution in [-0.2, 0) is 21.3 Å². The Hall–Kier alpha value is -1.02. The molecule has 7 heteroatoms. The van der Waals surface area contributed by atoms with Crippen LogP contribution < -0.4 is 10.0 Å². The number of hydrogen-bond acceptors (Lipinski definition) is 5. The topological polar surface area (TPSA) is 80.3 Å². The van der Waals surface area contributed by atoms with Gasteiger partial charge in [-0.05, 0) is 38.4 Å². The lowest BCUT2D eigenvalue weighted by atomic mass is 9.90. The van der Waals surface area contributed by atoms with E-state index in [-0.39, 0.29) is 17.2 Å². The molecule has 0 bridgehead atoms. The predicted molar refractivity (Wildman–Crippen MR) is 75.8 cm³/mol. The zero-order valence-electron chi connectivity index (χ0n) is 11.8. The number of ether oxygens (including phenoxy) is 1. The number of hydrogen-bond donors (Lipinski definition) is 2. The minimum absolute atomic E-state index is 0.0460. The van der Waals surface area contributed by atoms with E-state index in [0.29, 0.717) is 13.2 Å². The van der Waals surface area contributed by atoms with Crippen LogP contribution in [0.1, 0.15) is 25.3 Å². The molecule has 20 heavy (non-hydrogen) atoms. The second-order valence-electron chi connectivity index (χ2n) is 4.90. The molecule has 1 aromatic rings. The quantitative estimate of drug-likeness (QED) is 0.772. The summed E-state index contributed by atoms with van der Waals surface area (Å²) >= 11 is 0. The third-order valence-electron chi connectivity index (χ3n) is 3.27. The molecule has 0 saturated heterocycles. The Morgan fingerprint density at radius 1 is 1.40 bits per heavy atom. The lowest BCUT2D eigenvalue weighted by Crippen LogP contribution is -2.47. The number of rotatable bonds is 7. The number of pyridine rings is 1. The second-order valence-corrected chi connectivity index (χ2v) is 6.56. The summed E-state index contributed by atoms with van der Waals surface area (Å²) in [5.41, 5.74) is 0.950. The first-order chi connectivity index (χ1) is 9.55. The van der Waals surface area contributed by atoms with Crippen LogP contribution in [0.5, 0.6) is 0 Å². The monoisotopic (exact) mass is 299 g/mol. The molecule has 1 heterocycles. The van der Waals surface area contributed by atoms with Gasteiger partial charge in [-0.25, -0.2) is 18.1 Å². The van der Waals surface area contributed by atoms with Crippen molar-refractivity contribution in [3.8, 4) is 0 Å². The summed E-state index contributed by atoms with van der Waals surface area (Å²) in [6, 6.07) is 3.26. The molecule has 1 saturated carbocycles. The third-order valence-corrected chi connectivity index (χ3v) is 4.71. The van der Waals surface area contributed by atoms with Gasteiger partial charge in [0.2, 0.25) is 0 Å². The molecule has 1 aliphatic rings. The Kier molecular flexibility index (Phi) is 5.09. The number of aromatic nitrogens is 1. The summed E-state index contributed by atoms with van der Waals surface area (Å²) in [5.74, 6) is 0. The van der Waals surface area contributed by atoms with Gasteiger partial charge in [0.25, 0.3) is 10.0 Å². The van der Waals surface area contributed by atoms with E-state index in [1.54, 1.807) is 12.3 Å². The Morgan fingerprint density at radius 3 is 2.70 bits per heavy atom. The van der Waals surface area contributed by atoms with E-state index in [2.05, 4.69) is 15.0 Å². The SMILES string of the molecule is CCOC1CC(NS(=O)(=O)c2ccc(CNC)cn2)C1. The first-order valence-electron chi connectivity index (χ1n) is 6.78. The molecule has 6 nitrogen and oxygen atoms in total. The molecule has 0 aromatic carbocycles. The largest absolute Gasteiger partial charge is 0.378 e. The highest BCUT2D eigenvalue weighted by molar-refractivity contribution is 7.89. The molecule has 0 amide bonds. The highest BCUT2D eigenvalue weighted by Crippen LogP contribution is 2.24. The number of sulfonamides is 1. The summed E-state index contributed by atoms with van der Waals surface area (Å²) in [6.07, 6.45) is 3.21. The maximum absolute atomic E-state index is 12.1. The van der Waals surface area contributed by atoms with Crippen LogP contribution in [0, 0.1) is 0 Å². The average molecular weight is 299 g/mol. The minimum atomic E-state index is -3.53. The van der Waals surface area contributed by atoms with Crippen molar-refractivity contribution in [3.05, 3.63) is 23.9 Å². The smallest absolute Gasteiger partial charge is 0.258 e. The lowest BCUT2D eigenvalue weighted by molar-refractivity contribution is -0.00477. The van der Waals surface area contributed by atoms with E-state index in [1.165, 1.54) is 6.07 Å². The van der Waals surface area contributed by atoms with Crippen molar-refractivity contribution >= 4 is 10.0 Å². The highest BCUT2D eigenvalue weighted by Gasteiger charge is 2.33. The van der Waals surface area contributed by atoms with Gasteiger partial charge in [-0.15, -0.1) is 0 Å². The fraction of sp³-hybridized carbons (Fsp3) is 0.615. The molecule has 0 spiro atoms. The van der Waals surface area contributed by atoms with Gasteiger partial charge in [-0.2, -0.15) is 0 Å². The summed E-state index contributed by atoms with van der Waals surface area (Å²) in [5, 5.41) is 3.06. The normalized spacial score (nSPS) is 22.5. The molecule has 2 N–H and O–H groups in total. The molecule has 0 radical (unpaired) electrons. The molecule has 2 rings (SSSR count). The lowest BCUT2D eigenvalue weighted by Gasteiger charge is -2.34. The predicted octanol–water partition coefficient (Wildman–Crippen LogP) is 0.647. The Balaban J connectivity index is 1.93. The Labute approximate surface area is 120 Å². The standard InChI is InChI=1S/C13H21N3O3S/c1-3-19-12-6-11(7-12)16-20(17,18)13-5-4-10(8-14-2)9-15-13/h4-5,9,11-12,14,16H,3,6-8H2,1-2H3. The number of nitrogens with zero attached hydrogens (tertiary/aromatic N) is 1. The van der Waals surface area contributed by atoms with E-state index in [1.807, 2.05) is 14.0 Å². The minimum Gasteiger partial charge on any atom is -0.378 e. The van der Waals surface area contributed by atoms with Crippen molar-refractivity contribution in [3.63, 3.8) is 0 Å². The Morgan fingerprint density at radius 2 is 2.15 bits per heavy atom. The van der Waals surface area contributed by atoms with Crippen molar-refractivity contribution in [2.75, 3.05) is 13.7 Å². The summed E-state index contributed by atoms with van der Waals surface area (Å²) in [4.78, 5) is 4.01. The fourth-order valence-electron chi connectivity index (χ4n) is 2.19. The van der Waals surface area contributed by atoms with Gasteiger partial charge in [0, 0.05) is 25.4 Å². The third kappa shape index (κ3) is 3.76. The van der Waals surface area contributed by atoms with Gasteiger partial charge in [0.05, 0.1) is 6.10 Å². The van der Waals surface area contributed by atoms with E-state index in [0.717, 1.165) is 18.4 Å². The first kappa shape index (κ1) is 15.4. The van der Waals surface area contributed by atoms with Crippen LogP contribution in [-0.4, -0.2) is 39.2 Å². The van der Waals surface area contributed by atoms with Gasteiger partial charge in [0.15, 0.2) is 5.03 Å². The second kappa shape index (κ2) is 6.62. The summed E-state index contributed by atoms with van der Waals surface area (Å²) in [6.45, 7) is 3.27. The highest BCUT2D eigenvalue weighted by atomic mass is 32.2. The van der Waals surface area contributed by atoms with Gasteiger partial charge in [-0.3, -0.25) is 0 Å². The van der Waals surface area contributed by atoms with Gasteiger partial charge in [0.1, 0.15) is 0 Å². The molecule has 0 atom stereocenters. The van der Waals surface area contributed by atoms with Crippen LogP contribution >= 0.6 is 0 Å². The molecule has 1 aliphatic carbocycles. The van der Waals surface area contributed by atoms with Crippen molar-refractivity contribution in [1.82, 2.24) is 15.0 Å². The van der Waals surface area contributed by atoms with Crippen LogP contribution in [0.4, 0.5) is 0 Å². The van der Waals surface area contributed by atoms with E-state index in [4.69, 9.17) is 4.74 Å². The van der Waals surface area contributed by atoms with Crippen LogP contribution in [0.2, 0.25) is 0 Å². The zero-order chi connectivity index (χ0) is 14.6. The maximum Gasteiger partial charge on any atom is 0.258 e. The average Bonchev–Trinajstić information content (AvgIpc) is 2.37. The van der Waals surface area contributed by atoms with Crippen molar-refractivity contribution in [2.45, 2.75) is 43.5 Å². The van der Waals surface area contributed by atoms with Gasteiger partial charge < -0.3 is 10.1 Å².